The Morgan fingerprint density at radius 2 is 1.45 bits per heavy atom. The molecule has 66 valence electrons. The Morgan fingerprint density at radius 3 is 1.73 bits per heavy atom. The van der Waals surface area contributed by atoms with E-state index in [9.17, 15) is 0 Å². The van der Waals surface area contributed by atoms with Crippen LogP contribution in [0.5, 0.6) is 0 Å². The molecule has 2 rings (SSSR count). The smallest absolute Gasteiger partial charge is 0.00436 e. The molecule has 0 bridgehead atoms. The van der Waals surface area contributed by atoms with E-state index in [0.29, 0.717) is 0 Å². The predicted octanol–water partition coefficient (Wildman–Crippen LogP) is 2.57. The molecule has 11 heavy (non-hydrogen) atoms. The Labute approximate surface area is 70.6 Å². The van der Waals surface area contributed by atoms with E-state index in [2.05, 4.69) is 19.2 Å². The Balaban J connectivity index is 0.000000179. The first-order valence-electron chi connectivity index (χ1n) is 5.04. The molecule has 0 aromatic rings. The van der Waals surface area contributed by atoms with Crippen LogP contribution < -0.4 is 5.32 Å². The van der Waals surface area contributed by atoms with Crippen LogP contribution in [0.15, 0.2) is 0 Å². The minimum absolute atomic E-state index is 0.866. The third-order valence-electron chi connectivity index (χ3n) is 2.62. The number of nitrogens with one attached hydrogen (secondary N) is 1. The van der Waals surface area contributed by atoms with Crippen molar-refractivity contribution in [3.63, 3.8) is 0 Å². The lowest BCUT2D eigenvalue weighted by molar-refractivity contribution is 0.353. The average Bonchev–Trinajstić information content (AvgIpc) is 2.73. The van der Waals surface area contributed by atoms with E-state index in [0.717, 1.165) is 5.41 Å². The van der Waals surface area contributed by atoms with Crippen LogP contribution >= 0.6 is 0 Å². The molecule has 0 aromatic heterocycles. The van der Waals surface area contributed by atoms with Gasteiger partial charge in [0.15, 0.2) is 0 Å². The van der Waals surface area contributed by atoms with Crippen molar-refractivity contribution in [2.24, 2.45) is 5.41 Å². The third kappa shape index (κ3) is 2.82. The second-order valence-electron chi connectivity index (χ2n) is 3.96. The van der Waals surface area contributed by atoms with Crippen LogP contribution in [0.2, 0.25) is 0 Å². The fraction of sp³-hybridized carbons (Fsp3) is 1.00. The van der Waals surface area contributed by atoms with Gasteiger partial charge in [-0.05, 0) is 44.2 Å². The minimum atomic E-state index is 0.866. The van der Waals surface area contributed by atoms with Crippen LogP contribution in [0.3, 0.4) is 0 Å². The lowest BCUT2D eigenvalue weighted by Gasteiger charge is -2.20. The number of hydrogen-bond donors (Lipinski definition) is 1. The topological polar surface area (TPSA) is 12.0 Å². The van der Waals surface area contributed by atoms with Crippen LogP contribution in [0.25, 0.3) is 0 Å². The van der Waals surface area contributed by atoms with Crippen molar-refractivity contribution in [3.8, 4) is 0 Å². The Hall–Kier alpha value is -0.0400. The maximum Gasteiger partial charge on any atom is -0.00436 e. The molecule has 0 radical (unpaired) electrons. The summed E-state index contributed by atoms with van der Waals surface area (Å²) in [6.45, 7) is 6.81. The molecule has 1 nitrogen and oxygen atoms in total. The van der Waals surface area contributed by atoms with Crippen LogP contribution in [-0.4, -0.2) is 13.1 Å². The first-order valence-corrected chi connectivity index (χ1v) is 5.04. The van der Waals surface area contributed by atoms with Crippen molar-refractivity contribution in [2.75, 3.05) is 13.1 Å². The summed E-state index contributed by atoms with van der Waals surface area (Å²) in [6, 6.07) is 0. The molecule has 0 atom stereocenters. The molecule has 0 unspecified atom stereocenters. The van der Waals surface area contributed by atoms with E-state index in [4.69, 9.17) is 0 Å². The van der Waals surface area contributed by atoms with Crippen molar-refractivity contribution >= 4 is 0 Å². The fourth-order valence-corrected chi connectivity index (χ4v) is 1.63. The molecule has 1 saturated heterocycles. The molecule has 0 aromatic carbocycles. The quantitative estimate of drug-likeness (QED) is 0.567. The van der Waals surface area contributed by atoms with Gasteiger partial charge in [0, 0.05) is 0 Å². The molecule has 1 saturated carbocycles. The summed E-state index contributed by atoms with van der Waals surface area (Å²) in [6.07, 6.45) is 7.20. The van der Waals surface area contributed by atoms with E-state index in [1.54, 1.807) is 0 Å². The highest BCUT2D eigenvalue weighted by molar-refractivity contribution is 4.95. The minimum Gasteiger partial charge on any atom is -0.317 e. The normalized spacial score (nSPS) is 25.6. The Bertz CT molecular complexity index is 97.4. The van der Waals surface area contributed by atoms with Crippen LogP contribution in [0.1, 0.15) is 46.0 Å². The fourth-order valence-electron chi connectivity index (χ4n) is 1.63. The van der Waals surface area contributed by atoms with Gasteiger partial charge in [0.05, 0.1) is 0 Å². The van der Waals surface area contributed by atoms with Crippen LogP contribution in [-0.2, 0) is 0 Å². The summed E-state index contributed by atoms with van der Waals surface area (Å²) in [4.78, 5) is 0. The monoisotopic (exact) mass is 155 g/mol. The standard InChI is InChI=1S/C7H13N.C3H8/c1-2-7(1)3-5-8-6-4-7;1-3-2/h8H,1-6H2;3H2,1-2H3. The zero-order chi connectivity index (χ0) is 8.16. The van der Waals surface area contributed by atoms with E-state index < -0.39 is 0 Å². The van der Waals surface area contributed by atoms with Crippen molar-refractivity contribution in [2.45, 2.75) is 46.0 Å². The van der Waals surface area contributed by atoms with Crippen LogP contribution in [0, 0.1) is 5.41 Å². The molecule has 1 heteroatoms. The van der Waals surface area contributed by atoms with Gasteiger partial charge < -0.3 is 5.32 Å². The zero-order valence-electron chi connectivity index (χ0n) is 7.95. The van der Waals surface area contributed by atoms with Gasteiger partial charge in [-0.3, -0.25) is 0 Å². The van der Waals surface area contributed by atoms with E-state index in [1.165, 1.54) is 45.2 Å². The average molecular weight is 155 g/mol. The van der Waals surface area contributed by atoms with Gasteiger partial charge in [-0.25, -0.2) is 0 Å². The van der Waals surface area contributed by atoms with Crippen molar-refractivity contribution < 1.29 is 0 Å². The highest BCUT2D eigenvalue weighted by Crippen LogP contribution is 2.52. The van der Waals surface area contributed by atoms with Crippen molar-refractivity contribution in [1.82, 2.24) is 5.32 Å². The lowest BCUT2D eigenvalue weighted by atomic mass is 9.95. The summed E-state index contributed by atoms with van der Waals surface area (Å²) < 4.78 is 0. The second-order valence-corrected chi connectivity index (χ2v) is 3.96. The highest BCUT2D eigenvalue weighted by atomic mass is 14.9. The molecule has 2 aliphatic rings. The molecule has 1 heterocycles. The number of piperidine rings is 1. The van der Waals surface area contributed by atoms with E-state index in [1.807, 2.05) is 0 Å². The van der Waals surface area contributed by atoms with Crippen molar-refractivity contribution in [3.05, 3.63) is 0 Å². The summed E-state index contributed by atoms with van der Waals surface area (Å²) in [5, 5.41) is 3.38. The van der Waals surface area contributed by atoms with Gasteiger partial charge in [0.25, 0.3) is 0 Å². The zero-order valence-corrected chi connectivity index (χ0v) is 7.95. The van der Waals surface area contributed by atoms with E-state index >= 15 is 0 Å². The first-order chi connectivity index (χ1) is 5.33. The van der Waals surface area contributed by atoms with Gasteiger partial charge in [-0.2, -0.15) is 0 Å². The summed E-state index contributed by atoms with van der Waals surface area (Å²) in [5.41, 5.74) is 0.866. The number of hydrogen-bond acceptors (Lipinski definition) is 1. The lowest BCUT2D eigenvalue weighted by Crippen LogP contribution is -2.28. The second kappa shape index (κ2) is 4.10. The molecule has 1 spiro atoms. The highest BCUT2D eigenvalue weighted by Gasteiger charge is 2.42. The number of rotatable bonds is 0. The summed E-state index contributed by atoms with van der Waals surface area (Å²) in [7, 11) is 0. The Kier molecular flexibility index (Phi) is 3.38. The maximum absolute atomic E-state index is 3.38. The first kappa shape index (κ1) is 9.05. The summed E-state index contributed by atoms with van der Waals surface area (Å²) >= 11 is 0. The third-order valence-corrected chi connectivity index (χ3v) is 2.62. The van der Waals surface area contributed by atoms with Gasteiger partial charge in [-0.15, -0.1) is 0 Å². The SMILES string of the molecule is C1CC2(CCN1)CC2.CCC. The largest absolute Gasteiger partial charge is 0.317 e. The maximum atomic E-state index is 3.38. The van der Waals surface area contributed by atoms with Gasteiger partial charge >= 0.3 is 0 Å². The van der Waals surface area contributed by atoms with Gasteiger partial charge in [-0.1, -0.05) is 20.3 Å². The Morgan fingerprint density at radius 1 is 1.00 bits per heavy atom. The van der Waals surface area contributed by atoms with Crippen LogP contribution in [0.4, 0.5) is 0 Å². The molecular weight excluding hydrogens is 134 g/mol. The molecule has 1 N–H and O–H groups in total. The van der Waals surface area contributed by atoms with Crippen molar-refractivity contribution in [1.29, 1.82) is 0 Å². The van der Waals surface area contributed by atoms with E-state index in [-0.39, 0.29) is 0 Å². The van der Waals surface area contributed by atoms with Gasteiger partial charge in [0.2, 0.25) is 0 Å². The molecule has 1 aliphatic carbocycles. The molecular formula is C10H21N. The predicted molar refractivity (Wildman–Crippen MR) is 49.7 cm³/mol. The molecule has 1 aliphatic heterocycles. The molecule has 0 amide bonds. The summed E-state index contributed by atoms with van der Waals surface area (Å²) in [5.74, 6) is 0. The molecule has 2 fully saturated rings. The van der Waals surface area contributed by atoms with Gasteiger partial charge in [0.1, 0.15) is 0 Å².